The predicted octanol–water partition coefficient (Wildman–Crippen LogP) is 10.4. The van der Waals surface area contributed by atoms with E-state index in [4.69, 9.17) is 0 Å². The normalized spacial score (nSPS) is 17.7. The Labute approximate surface area is 243 Å². The van der Waals surface area contributed by atoms with E-state index in [1.165, 1.54) is 39.3 Å². The average Bonchev–Trinajstić information content (AvgIpc) is 3.91. The van der Waals surface area contributed by atoms with Crippen LogP contribution in [0.3, 0.4) is 0 Å². The van der Waals surface area contributed by atoms with E-state index in [2.05, 4.69) is 130 Å². The molecule has 0 amide bonds. The van der Waals surface area contributed by atoms with Crippen molar-refractivity contribution in [2.24, 2.45) is 0 Å². The lowest BCUT2D eigenvalue weighted by Crippen LogP contribution is -2.30. The van der Waals surface area contributed by atoms with Crippen molar-refractivity contribution < 1.29 is 0 Å². The number of allylic oxidation sites excluding steroid dienone is 21. The van der Waals surface area contributed by atoms with Crippen molar-refractivity contribution in [2.45, 2.75) is 46.0 Å². The summed E-state index contributed by atoms with van der Waals surface area (Å²) in [6.07, 6.45) is 41.6. The second-order valence-corrected chi connectivity index (χ2v) is 9.45. The lowest BCUT2D eigenvalue weighted by molar-refractivity contribution is 0.752. The molecule has 0 heteroatoms. The van der Waals surface area contributed by atoms with Crippen LogP contribution in [0.4, 0.5) is 0 Å². The summed E-state index contributed by atoms with van der Waals surface area (Å²) < 4.78 is 0. The first-order valence-corrected chi connectivity index (χ1v) is 14.1. The van der Waals surface area contributed by atoms with Gasteiger partial charge in [0, 0.05) is 12.8 Å². The van der Waals surface area contributed by atoms with E-state index in [9.17, 15) is 0 Å². The molecule has 201 valence electrons. The van der Waals surface area contributed by atoms with Crippen LogP contribution in [0, 0.1) is 30.6 Å². The van der Waals surface area contributed by atoms with Crippen molar-refractivity contribution in [3.63, 3.8) is 0 Å². The summed E-state index contributed by atoms with van der Waals surface area (Å²) in [6.45, 7) is 12.2. The Morgan fingerprint density at radius 3 is 2.17 bits per heavy atom. The largest absolute Gasteiger partial charge is 0.0991 e. The fourth-order valence-electron chi connectivity index (χ4n) is 4.84. The van der Waals surface area contributed by atoms with Crippen LogP contribution in [0.25, 0.3) is 0 Å². The topological polar surface area (TPSA) is 0 Å². The highest BCUT2D eigenvalue weighted by Crippen LogP contribution is 2.52. The highest BCUT2D eigenvalue weighted by atomic mass is 14.5. The monoisotopic (exact) mass is 521 g/mol. The Hall–Kier alpha value is -4.08. The van der Waals surface area contributed by atoms with E-state index in [0.29, 0.717) is 6.42 Å². The summed E-state index contributed by atoms with van der Waals surface area (Å²) in [6, 6.07) is 9.13. The van der Waals surface area contributed by atoms with Crippen LogP contribution in [0.1, 0.15) is 51.7 Å². The molecule has 3 rings (SSSR count). The fourth-order valence-corrected chi connectivity index (χ4v) is 4.84. The van der Waals surface area contributed by atoms with Crippen LogP contribution in [0.5, 0.6) is 0 Å². The SMILES string of the molecule is C=C/C=C\C(=C/C)C(C1=C[CH]1)(C(/C=C\CC#C[CH]/C=C/C=C/C)=C/C)c1ccc([C]2C=C2C/C=C/C=C/C)cc1. The van der Waals surface area contributed by atoms with E-state index in [0.717, 1.165) is 6.42 Å². The van der Waals surface area contributed by atoms with Crippen molar-refractivity contribution in [3.05, 3.63) is 186 Å². The van der Waals surface area contributed by atoms with Crippen LogP contribution < -0.4 is 0 Å². The molecule has 0 bridgehead atoms. The van der Waals surface area contributed by atoms with E-state index < -0.39 is 5.41 Å². The first-order valence-electron chi connectivity index (χ1n) is 14.1. The van der Waals surface area contributed by atoms with Crippen LogP contribution in [-0.4, -0.2) is 0 Å². The van der Waals surface area contributed by atoms with Crippen LogP contribution in [-0.2, 0) is 5.41 Å². The third-order valence-corrected chi connectivity index (χ3v) is 6.87. The van der Waals surface area contributed by atoms with Gasteiger partial charge in [0.05, 0.1) is 17.8 Å². The van der Waals surface area contributed by atoms with Gasteiger partial charge in [0.25, 0.3) is 0 Å². The standard InChI is InChI=1S/C40H41/c1-6-11-14-16-17-18-19-20-22-25-36(10-5)40(38-30-31-38,35(9-4)24-13-8-3)37-28-26-33(27-29-37)39-32-34(39)23-21-15-12-7-2/h6-17,21-22,24-32H,3,20,23H2,1-2,4-5H3/b11-6+,12-7+,16-14+,21-15+,24-13-,25-22-,35-9+,36-10+. The van der Waals surface area contributed by atoms with Crippen molar-refractivity contribution in [3.8, 4) is 11.8 Å². The minimum absolute atomic E-state index is 0.396. The average molecular weight is 522 g/mol. The minimum atomic E-state index is -0.396. The van der Waals surface area contributed by atoms with Gasteiger partial charge in [-0.25, -0.2) is 0 Å². The number of rotatable bonds is 14. The molecule has 40 heavy (non-hydrogen) atoms. The third kappa shape index (κ3) is 7.97. The van der Waals surface area contributed by atoms with Crippen molar-refractivity contribution >= 4 is 0 Å². The molecule has 0 saturated heterocycles. The molecule has 0 nitrogen and oxygen atoms in total. The quantitative estimate of drug-likeness (QED) is 0.169. The van der Waals surface area contributed by atoms with E-state index in [1.807, 2.05) is 56.7 Å². The van der Waals surface area contributed by atoms with Gasteiger partial charge in [-0.1, -0.05) is 152 Å². The number of hydrogen-bond acceptors (Lipinski definition) is 0. The molecule has 1 aromatic carbocycles. The van der Waals surface area contributed by atoms with Crippen molar-refractivity contribution in [1.82, 2.24) is 0 Å². The van der Waals surface area contributed by atoms with Gasteiger partial charge >= 0.3 is 0 Å². The summed E-state index contributed by atoms with van der Waals surface area (Å²) in [5.41, 5.74) is 7.30. The first-order chi connectivity index (χ1) is 19.7. The van der Waals surface area contributed by atoms with Crippen LogP contribution >= 0.6 is 0 Å². The summed E-state index contributed by atoms with van der Waals surface area (Å²) in [7, 11) is 0. The molecular formula is C40H41. The van der Waals surface area contributed by atoms with Gasteiger partial charge in [-0.2, -0.15) is 0 Å². The van der Waals surface area contributed by atoms with Gasteiger partial charge in [-0.15, -0.1) is 0 Å². The molecule has 0 N–H and O–H groups in total. The van der Waals surface area contributed by atoms with Gasteiger partial charge in [-0.3, -0.25) is 0 Å². The second-order valence-electron chi connectivity index (χ2n) is 9.45. The van der Waals surface area contributed by atoms with Gasteiger partial charge in [0.2, 0.25) is 0 Å². The molecule has 1 aromatic rings. The molecule has 2 aliphatic rings. The molecule has 0 saturated carbocycles. The summed E-state index contributed by atoms with van der Waals surface area (Å²) in [4.78, 5) is 0. The number of hydrogen-bond donors (Lipinski definition) is 0. The molecule has 0 heterocycles. The zero-order chi connectivity index (χ0) is 28.6. The highest BCUT2D eigenvalue weighted by molar-refractivity contribution is 5.70. The Bertz CT molecular complexity index is 1370. The molecule has 0 aliphatic heterocycles. The zero-order valence-electron chi connectivity index (χ0n) is 24.4. The number of benzene rings is 1. The van der Waals surface area contributed by atoms with Gasteiger partial charge in [-0.05, 0) is 62.0 Å². The molecule has 1 unspecified atom stereocenters. The molecule has 3 radical (unpaired) electrons. The van der Waals surface area contributed by atoms with Gasteiger partial charge < -0.3 is 0 Å². The zero-order valence-corrected chi connectivity index (χ0v) is 24.4. The second kappa shape index (κ2) is 16.1. The lowest BCUT2D eigenvalue weighted by atomic mass is 9.65. The molecule has 0 spiro atoms. The van der Waals surface area contributed by atoms with E-state index in [-0.39, 0.29) is 0 Å². The maximum absolute atomic E-state index is 3.92. The van der Waals surface area contributed by atoms with Crippen LogP contribution in [0.2, 0.25) is 0 Å². The minimum Gasteiger partial charge on any atom is -0.0991 e. The smallest absolute Gasteiger partial charge is 0.0661 e. The van der Waals surface area contributed by atoms with Gasteiger partial charge in [0.15, 0.2) is 0 Å². The van der Waals surface area contributed by atoms with E-state index in [1.54, 1.807) is 0 Å². The first kappa shape index (κ1) is 30.5. The lowest BCUT2D eigenvalue weighted by Gasteiger charge is -2.36. The van der Waals surface area contributed by atoms with Gasteiger partial charge in [0.1, 0.15) is 0 Å². The Kier molecular flexibility index (Phi) is 12.3. The molecule has 1 atom stereocenters. The molecule has 0 fully saturated rings. The molecule has 2 aliphatic carbocycles. The van der Waals surface area contributed by atoms with Crippen LogP contribution in [0.15, 0.2) is 156 Å². The Morgan fingerprint density at radius 1 is 0.825 bits per heavy atom. The fraction of sp³-hybridized carbons (Fsp3) is 0.175. The Morgan fingerprint density at radius 2 is 1.52 bits per heavy atom. The Balaban J connectivity index is 1.90. The maximum Gasteiger partial charge on any atom is 0.0661 e. The van der Waals surface area contributed by atoms with Crippen molar-refractivity contribution in [1.29, 1.82) is 0 Å². The molecular weight excluding hydrogens is 480 g/mol. The maximum atomic E-state index is 3.92. The van der Waals surface area contributed by atoms with Crippen molar-refractivity contribution in [2.75, 3.05) is 0 Å². The van der Waals surface area contributed by atoms with E-state index >= 15 is 0 Å². The third-order valence-electron chi connectivity index (χ3n) is 6.87. The summed E-state index contributed by atoms with van der Waals surface area (Å²) >= 11 is 0. The molecule has 0 aromatic heterocycles. The summed E-state index contributed by atoms with van der Waals surface area (Å²) in [5, 5.41) is 0. The summed E-state index contributed by atoms with van der Waals surface area (Å²) in [5.74, 6) is 7.71. The highest BCUT2D eigenvalue weighted by Gasteiger charge is 2.44. The predicted molar refractivity (Wildman–Crippen MR) is 176 cm³/mol.